The molecule has 1 saturated heterocycles. The van der Waals surface area contributed by atoms with Gasteiger partial charge in [0.2, 0.25) is 5.91 Å². The Morgan fingerprint density at radius 3 is 2.85 bits per heavy atom. The molecule has 2 N–H and O–H groups in total. The second-order valence-corrected chi connectivity index (χ2v) is 5.23. The molecule has 6 heteroatoms. The Bertz CT molecular complexity index is 520. The quantitative estimate of drug-likeness (QED) is 0.649. The van der Waals surface area contributed by atoms with E-state index in [-0.39, 0.29) is 28.6 Å². The molecular weight excluding hydrogens is 258 g/mol. The summed E-state index contributed by atoms with van der Waals surface area (Å²) in [5.41, 5.74) is 1.70. The molecule has 1 aromatic rings. The van der Waals surface area contributed by atoms with Gasteiger partial charge in [0.15, 0.2) is 0 Å². The van der Waals surface area contributed by atoms with Gasteiger partial charge in [0.25, 0.3) is 5.69 Å². The van der Waals surface area contributed by atoms with Crippen LogP contribution in [0.3, 0.4) is 0 Å². The molecule has 1 aliphatic heterocycles. The summed E-state index contributed by atoms with van der Waals surface area (Å²) in [6.07, 6.45) is 1.32. The number of carbonyl (C=O) groups excluding carboxylic acids is 1. The van der Waals surface area contributed by atoms with E-state index >= 15 is 0 Å². The van der Waals surface area contributed by atoms with E-state index in [1.165, 1.54) is 0 Å². The Labute approximate surface area is 117 Å². The van der Waals surface area contributed by atoms with Gasteiger partial charge >= 0.3 is 0 Å². The Balaban J connectivity index is 2.05. The number of benzene rings is 1. The molecule has 1 aliphatic rings. The lowest BCUT2D eigenvalue weighted by atomic mass is 10.0. The van der Waals surface area contributed by atoms with Gasteiger partial charge in [-0.25, -0.2) is 0 Å². The fourth-order valence-corrected chi connectivity index (χ4v) is 2.42. The standard InChI is InChI=1S/C14H19N3O3/c1-9-3-4-11(7-13(9)17(19)20)10(2)16-12-5-6-14(18)15-8-12/h3-4,7,10,12,16H,5-6,8H2,1-2H3,(H,15,18). The molecule has 0 bridgehead atoms. The average molecular weight is 277 g/mol. The van der Waals surface area contributed by atoms with Gasteiger partial charge in [-0.3, -0.25) is 14.9 Å². The van der Waals surface area contributed by atoms with Gasteiger partial charge in [-0.2, -0.15) is 0 Å². The van der Waals surface area contributed by atoms with Crippen LogP contribution in [0.4, 0.5) is 5.69 Å². The summed E-state index contributed by atoms with van der Waals surface area (Å²) < 4.78 is 0. The van der Waals surface area contributed by atoms with Crippen molar-refractivity contribution in [2.24, 2.45) is 0 Å². The largest absolute Gasteiger partial charge is 0.355 e. The number of rotatable bonds is 4. The van der Waals surface area contributed by atoms with Crippen LogP contribution in [0.1, 0.15) is 36.9 Å². The minimum absolute atomic E-state index is 0.00861. The summed E-state index contributed by atoms with van der Waals surface area (Å²) in [5, 5.41) is 17.2. The van der Waals surface area contributed by atoms with Gasteiger partial charge in [0, 0.05) is 36.7 Å². The number of nitrogens with one attached hydrogen (secondary N) is 2. The zero-order chi connectivity index (χ0) is 14.7. The maximum atomic E-state index is 11.1. The average Bonchev–Trinajstić information content (AvgIpc) is 2.41. The number of aryl methyl sites for hydroxylation is 1. The number of hydrogen-bond donors (Lipinski definition) is 2. The zero-order valence-corrected chi connectivity index (χ0v) is 11.7. The van der Waals surface area contributed by atoms with E-state index in [1.807, 2.05) is 13.0 Å². The van der Waals surface area contributed by atoms with Crippen LogP contribution in [0.15, 0.2) is 18.2 Å². The lowest BCUT2D eigenvalue weighted by Crippen LogP contribution is -2.46. The first-order valence-electron chi connectivity index (χ1n) is 6.75. The Kier molecular flexibility index (Phi) is 4.34. The molecule has 2 atom stereocenters. The van der Waals surface area contributed by atoms with E-state index in [0.29, 0.717) is 18.5 Å². The predicted octanol–water partition coefficient (Wildman–Crippen LogP) is 1.83. The summed E-state index contributed by atoms with van der Waals surface area (Å²) in [6.45, 7) is 4.32. The van der Waals surface area contributed by atoms with Crippen molar-refractivity contribution < 1.29 is 9.72 Å². The molecule has 0 saturated carbocycles. The summed E-state index contributed by atoms with van der Waals surface area (Å²) in [7, 11) is 0. The highest BCUT2D eigenvalue weighted by Crippen LogP contribution is 2.23. The normalized spacial score (nSPS) is 20.3. The monoisotopic (exact) mass is 277 g/mol. The summed E-state index contributed by atoms with van der Waals surface area (Å²) in [6, 6.07) is 5.52. The second kappa shape index (κ2) is 6.00. The SMILES string of the molecule is Cc1ccc(C(C)NC2CCC(=O)NC2)cc1[N+](=O)[O-]. The minimum atomic E-state index is -0.355. The van der Waals surface area contributed by atoms with E-state index in [2.05, 4.69) is 10.6 Å². The van der Waals surface area contributed by atoms with Gasteiger partial charge in [-0.05, 0) is 25.8 Å². The molecule has 0 radical (unpaired) electrons. The number of hydrogen-bond acceptors (Lipinski definition) is 4. The molecule has 1 amide bonds. The first-order valence-corrected chi connectivity index (χ1v) is 6.75. The van der Waals surface area contributed by atoms with Crippen molar-refractivity contribution in [2.45, 2.75) is 38.8 Å². The first-order chi connectivity index (χ1) is 9.47. The molecule has 0 aliphatic carbocycles. The molecule has 0 aromatic heterocycles. The number of piperidine rings is 1. The summed E-state index contributed by atoms with van der Waals surface area (Å²) in [5.74, 6) is 0.0849. The fraction of sp³-hybridized carbons (Fsp3) is 0.500. The topological polar surface area (TPSA) is 84.3 Å². The molecule has 1 aromatic carbocycles. The summed E-state index contributed by atoms with van der Waals surface area (Å²) >= 11 is 0. The highest BCUT2D eigenvalue weighted by Gasteiger charge is 2.21. The van der Waals surface area contributed by atoms with Gasteiger partial charge < -0.3 is 10.6 Å². The van der Waals surface area contributed by atoms with E-state index in [1.54, 1.807) is 19.1 Å². The van der Waals surface area contributed by atoms with Crippen molar-refractivity contribution in [1.82, 2.24) is 10.6 Å². The van der Waals surface area contributed by atoms with Gasteiger partial charge in [0.1, 0.15) is 0 Å². The molecule has 2 unspecified atom stereocenters. The van der Waals surface area contributed by atoms with Crippen LogP contribution in [-0.4, -0.2) is 23.4 Å². The molecule has 1 heterocycles. The van der Waals surface area contributed by atoms with Crippen molar-refractivity contribution >= 4 is 11.6 Å². The number of nitro groups is 1. The summed E-state index contributed by atoms with van der Waals surface area (Å²) in [4.78, 5) is 21.7. The molecule has 0 spiro atoms. The third-order valence-corrected chi connectivity index (χ3v) is 3.68. The van der Waals surface area contributed by atoms with Crippen LogP contribution in [0, 0.1) is 17.0 Å². The first kappa shape index (κ1) is 14.5. The van der Waals surface area contributed by atoms with Crippen molar-refractivity contribution in [1.29, 1.82) is 0 Å². The third kappa shape index (κ3) is 3.33. The number of amides is 1. The van der Waals surface area contributed by atoms with Crippen molar-refractivity contribution in [3.05, 3.63) is 39.4 Å². The number of carbonyl (C=O) groups is 1. The molecule has 20 heavy (non-hydrogen) atoms. The van der Waals surface area contributed by atoms with Crippen LogP contribution in [0.5, 0.6) is 0 Å². The van der Waals surface area contributed by atoms with Crippen LogP contribution in [0.25, 0.3) is 0 Å². The van der Waals surface area contributed by atoms with Gasteiger partial charge in [-0.15, -0.1) is 0 Å². The zero-order valence-electron chi connectivity index (χ0n) is 11.7. The molecule has 108 valence electrons. The fourth-order valence-electron chi connectivity index (χ4n) is 2.42. The van der Waals surface area contributed by atoms with E-state index < -0.39 is 0 Å². The minimum Gasteiger partial charge on any atom is -0.355 e. The van der Waals surface area contributed by atoms with Gasteiger partial charge in [0.05, 0.1) is 4.92 Å². The maximum Gasteiger partial charge on any atom is 0.272 e. The molecule has 6 nitrogen and oxygen atoms in total. The Hall–Kier alpha value is -1.95. The van der Waals surface area contributed by atoms with E-state index in [9.17, 15) is 14.9 Å². The molecular formula is C14H19N3O3. The lowest BCUT2D eigenvalue weighted by Gasteiger charge is -2.27. The maximum absolute atomic E-state index is 11.1. The molecule has 1 fully saturated rings. The molecule has 2 rings (SSSR count). The lowest BCUT2D eigenvalue weighted by molar-refractivity contribution is -0.385. The van der Waals surface area contributed by atoms with Crippen LogP contribution < -0.4 is 10.6 Å². The Morgan fingerprint density at radius 2 is 2.25 bits per heavy atom. The Morgan fingerprint density at radius 1 is 1.50 bits per heavy atom. The number of nitro benzene ring substituents is 1. The highest BCUT2D eigenvalue weighted by atomic mass is 16.6. The van der Waals surface area contributed by atoms with Gasteiger partial charge in [-0.1, -0.05) is 12.1 Å². The van der Waals surface area contributed by atoms with Crippen molar-refractivity contribution in [2.75, 3.05) is 6.54 Å². The van der Waals surface area contributed by atoms with Crippen molar-refractivity contribution in [3.63, 3.8) is 0 Å². The second-order valence-electron chi connectivity index (χ2n) is 5.23. The smallest absolute Gasteiger partial charge is 0.272 e. The number of nitrogens with zero attached hydrogens (tertiary/aromatic N) is 1. The third-order valence-electron chi connectivity index (χ3n) is 3.68. The predicted molar refractivity (Wildman–Crippen MR) is 75.4 cm³/mol. The van der Waals surface area contributed by atoms with E-state index in [0.717, 1.165) is 12.0 Å². The highest BCUT2D eigenvalue weighted by molar-refractivity contribution is 5.76. The van der Waals surface area contributed by atoms with Crippen LogP contribution >= 0.6 is 0 Å². The van der Waals surface area contributed by atoms with Crippen LogP contribution in [-0.2, 0) is 4.79 Å². The van der Waals surface area contributed by atoms with Crippen molar-refractivity contribution in [3.8, 4) is 0 Å². The van der Waals surface area contributed by atoms with E-state index in [4.69, 9.17) is 0 Å². The van der Waals surface area contributed by atoms with Crippen LogP contribution in [0.2, 0.25) is 0 Å².